The lowest BCUT2D eigenvalue weighted by Crippen LogP contribution is -2.56. The maximum atomic E-state index is 12.8. The number of sulfonamides is 1. The average Bonchev–Trinajstić information content (AvgIpc) is 2.95. The standard InChI is InChI=1S/C25H28N4O6S.C2HF3O2/c1-16-13-18(20-5-3-4-6-22(20)26-16)15-35-19-9-7-17(8-10-19)24(30)27-23-11-12-29(36(2,33)34)14-21(23)25(31)28-32;3-2(4,5)1(6)7/h3-10,13,21,23,32H,11-12,14-15H2,1-2H3,(H,27,30)(H,28,31);(H,6,7)/t21-,23+;/m0./s1. The Bertz CT molecular complexity index is 1580. The van der Waals surface area contributed by atoms with E-state index in [2.05, 4.69) is 10.3 Å². The van der Waals surface area contributed by atoms with E-state index in [1.807, 2.05) is 37.3 Å². The van der Waals surface area contributed by atoms with Gasteiger partial charge in [0.05, 0.1) is 17.7 Å². The third-order valence-corrected chi connectivity index (χ3v) is 7.76. The van der Waals surface area contributed by atoms with Gasteiger partial charge in [0, 0.05) is 41.3 Å². The number of hydrogen-bond acceptors (Lipinski definition) is 8. The fraction of sp³-hybridized carbons (Fsp3) is 0.333. The van der Waals surface area contributed by atoms with Gasteiger partial charge in [0.25, 0.3) is 5.91 Å². The van der Waals surface area contributed by atoms with Gasteiger partial charge in [-0.25, -0.2) is 23.0 Å². The van der Waals surface area contributed by atoms with Crippen LogP contribution in [0.5, 0.6) is 5.75 Å². The van der Waals surface area contributed by atoms with Gasteiger partial charge in [-0.15, -0.1) is 0 Å². The van der Waals surface area contributed by atoms with Crippen LogP contribution in [-0.2, 0) is 26.2 Å². The third kappa shape index (κ3) is 9.10. The molecule has 1 aromatic heterocycles. The number of para-hydroxylation sites is 1. The predicted molar refractivity (Wildman–Crippen MR) is 147 cm³/mol. The number of hydrogen-bond donors (Lipinski definition) is 4. The Morgan fingerprint density at radius 1 is 1.12 bits per heavy atom. The number of nitrogens with zero attached hydrogens (tertiary/aromatic N) is 2. The first-order valence-electron chi connectivity index (χ1n) is 12.7. The number of aliphatic carboxylic acids is 1. The molecule has 0 unspecified atom stereocenters. The number of fused-ring (bicyclic) bond motifs is 1. The van der Waals surface area contributed by atoms with Gasteiger partial charge in [-0.2, -0.15) is 13.2 Å². The molecule has 12 nitrogen and oxygen atoms in total. The van der Waals surface area contributed by atoms with Gasteiger partial charge >= 0.3 is 12.1 Å². The van der Waals surface area contributed by atoms with Crippen molar-refractivity contribution in [2.75, 3.05) is 19.3 Å². The van der Waals surface area contributed by atoms with Crippen LogP contribution in [-0.4, -0.2) is 77.4 Å². The van der Waals surface area contributed by atoms with E-state index in [4.69, 9.17) is 19.8 Å². The molecule has 1 fully saturated rings. The summed E-state index contributed by atoms with van der Waals surface area (Å²) in [5.41, 5.74) is 4.74. The monoisotopic (exact) mass is 626 g/mol. The van der Waals surface area contributed by atoms with Gasteiger partial charge in [0.1, 0.15) is 12.4 Å². The number of pyridine rings is 1. The molecule has 0 saturated carbocycles. The highest BCUT2D eigenvalue weighted by atomic mass is 32.2. The normalized spacial score (nSPS) is 17.3. The molecule has 43 heavy (non-hydrogen) atoms. The lowest BCUT2D eigenvalue weighted by Gasteiger charge is -2.36. The second-order valence-electron chi connectivity index (χ2n) is 9.63. The van der Waals surface area contributed by atoms with Gasteiger partial charge in [-0.1, -0.05) is 18.2 Å². The predicted octanol–water partition coefficient (Wildman–Crippen LogP) is 2.64. The number of halogens is 3. The van der Waals surface area contributed by atoms with Crippen molar-refractivity contribution in [1.29, 1.82) is 0 Å². The largest absolute Gasteiger partial charge is 0.490 e. The van der Waals surface area contributed by atoms with E-state index in [1.165, 1.54) is 0 Å². The molecule has 2 atom stereocenters. The second-order valence-corrected chi connectivity index (χ2v) is 11.6. The number of aromatic nitrogens is 1. The summed E-state index contributed by atoms with van der Waals surface area (Å²) in [4.78, 5) is 38.4. The van der Waals surface area contributed by atoms with Crippen molar-refractivity contribution in [3.8, 4) is 5.75 Å². The van der Waals surface area contributed by atoms with Crippen LogP contribution in [0.2, 0.25) is 0 Å². The van der Waals surface area contributed by atoms with Crippen LogP contribution in [0.1, 0.15) is 28.0 Å². The molecule has 16 heteroatoms. The maximum Gasteiger partial charge on any atom is 0.490 e. The summed E-state index contributed by atoms with van der Waals surface area (Å²) in [6.07, 6.45) is -3.79. The first-order chi connectivity index (χ1) is 20.1. The Labute approximate surface area is 244 Å². The number of benzene rings is 2. The second kappa shape index (κ2) is 13.8. The minimum absolute atomic E-state index is 0.133. The van der Waals surface area contributed by atoms with Crippen molar-refractivity contribution >= 4 is 38.7 Å². The molecular weight excluding hydrogens is 597 g/mol. The molecule has 0 aliphatic carbocycles. The lowest BCUT2D eigenvalue weighted by molar-refractivity contribution is -0.192. The average molecular weight is 627 g/mol. The summed E-state index contributed by atoms with van der Waals surface area (Å²) in [6.45, 7) is 2.30. The molecule has 1 saturated heterocycles. The van der Waals surface area contributed by atoms with E-state index in [1.54, 1.807) is 29.7 Å². The number of carbonyl (C=O) groups is 3. The van der Waals surface area contributed by atoms with Crippen LogP contribution in [0.3, 0.4) is 0 Å². The minimum Gasteiger partial charge on any atom is -0.489 e. The number of carbonyl (C=O) groups excluding carboxylic acids is 2. The Kier molecular flexibility index (Phi) is 10.7. The number of ether oxygens (including phenoxy) is 1. The fourth-order valence-corrected chi connectivity index (χ4v) is 5.24. The number of carboxylic acid groups (broad SMARTS) is 1. The maximum absolute atomic E-state index is 12.8. The molecule has 4 rings (SSSR count). The van der Waals surface area contributed by atoms with Crippen molar-refractivity contribution in [3.05, 3.63) is 71.4 Å². The van der Waals surface area contributed by atoms with Gasteiger partial charge in [-0.05, 0) is 49.7 Å². The molecule has 0 radical (unpaired) electrons. The van der Waals surface area contributed by atoms with Crippen LogP contribution in [0.15, 0.2) is 54.6 Å². The van der Waals surface area contributed by atoms with E-state index < -0.39 is 45.9 Å². The molecule has 2 aromatic carbocycles. The van der Waals surface area contributed by atoms with Crippen LogP contribution < -0.4 is 15.5 Å². The quantitative estimate of drug-likeness (QED) is 0.227. The summed E-state index contributed by atoms with van der Waals surface area (Å²) < 4.78 is 62.6. The van der Waals surface area contributed by atoms with Gasteiger partial charge in [0.15, 0.2) is 0 Å². The van der Waals surface area contributed by atoms with E-state index >= 15 is 0 Å². The molecule has 3 aromatic rings. The van der Waals surface area contributed by atoms with Crippen molar-refractivity contribution in [1.82, 2.24) is 20.1 Å². The van der Waals surface area contributed by atoms with E-state index in [0.717, 1.165) is 32.7 Å². The zero-order chi connectivity index (χ0) is 31.9. The summed E-state index contributed by atoms with van der Waals surface area (Å²) in [5, 5.41) is 20.0. The first kappa shape index (κ1) is 33.2. The Hall–Kier alpha value is -4.28. The molecule has 1 aliphatic rings. The van der Waals surface area contributed by atoms with E-state index in [9.17, 15) is 31.2 Å². The molecule has 0 bridgehead atoms. The SMILES string of the molecule is Cc1cc(COc2ccc(C(=O)N[C@@H]3CCN(S(C)(=O)=O)C[C@@H]3C(=O)NO)cc2)c2ccccc2n1.O=C(O)C(F)(F)F. The third-order valence-electron chi connectivity index (χ3n) is 6.49. The molecule has 2 amide bonds. The van der Waals surface area contributed by atoms with Crippen molar-refractivity contribution in [3.63, 3.8) is 0 Å². The summed E-state index contributed by atoms with van der Waals surface area (Å²) in [6, 6.07) is 15.8. The Morgan fingerprint density at radius 2 is 1.74 bits per heavy atom. The van der Waals surface area contributed by atoms with Crippen molar-refractivity contribution in [2.24, 2.45) is 5.92 Å². The fourth-order valence-electron chi connectivity index (χ4n) is 4.37. The molecule has 1 aliphatic heterocycles. The zero-order valence-electron chi connectivity index (χ0n) is 23.0. The molecule has 0 spiro atoms. The number of carboxylic acids is 1. The van der Waals surface area contributed by atoms with Crippen molar-refractivity contribution < 1.29 is 51.0 Å². The highest BCUT2D eigenvalue weighted by Crippen LogP contribution is 2.23. The first-order valence-corrected chi connectivity index (χ1v) is 14.5. The molecule has 4 N–H and O–H groups in total. The van der Waals surface area contributed by atoms with E-state index in [0.29, 0.717) is 17.9 Å². The minimum atomic E-state index is -5.08. The van der Waals surface area contributed by atoms with E-state index in [-0.39, 0.29) is 19.5 Å². The number of aryl methyl sites for hydroxylation is 1. The highest BCUT2D eigenvalue weighted by molar-refractivity contribution is 7.88. The number of amides is 2. The molecule has 2 heterocycles. The Morgan fingerprint density at radius 3 is 2.33 bits per heavy atom. The van der Waals surface area contributed by atoms with Crippen molar-refractivity contribution in [2.45, 2.75) is 32.2 Å². The van der Waals surface area contributed by atoms with Crippen LogP contribution in [0, 0.1) is 12.8 Å². The molecule has 232 valence electrons. The summed E-state index contributed by atoms with van der Waals surface area (Å²) in [5.74, 6) is -4.26. The van der Waals surface area contributed by atoms with Gasteiger partial charge in [0.2, 0.25) is 15.9 Å². The topological polar surface area (TPSA) is 175 Å². The highest BCUT2D eigenvalue weighted by Gasteiger charge is 2.39. The van der Waals surface area contributed by atoms with Gasteiger partial charge < -0.3 is 15.2 Å². The number of nitrogens with one attached hydrogen (secondary N) is 2. The lowest BCUT2D eigenvalue weighted by atomic mass is 9.92. The smallest absolute Gasteiger partial charge is 0.489 e. The zero-order valence-corrected chi connectivity index (χ0v) is 23.8. The number of alkyl halides is 3. The number of hydroxylamine groups is 1. The van der Waals surface area contributed by atoms with Crippen LogP contribution in [0.25, 0.3) is 10.9 Å². The summed E-state index contributed by atoms with van der Waals surface area (Å²) >= 11 is 0. The number of rotatable bonds is 7. The number of piperidine rings is 1. The van der Waals surface area contributed by atoms with Crippen LogP contribution >= 0.6 is 0 Å². The summed E-state index contributed by atoms with van der Waals surface area (Å²) in [7, 11) is -3.51. The van der Waals surface area contributed by atoms with Gasteiger partial charge in [-0.3, -0.25) is 19.8 Å². The molecular formula is C27H29F3N4O8S. The Balaban J connectivity index is 0.000000646. The van der Waals surface area contributed by atoms with Crippen LogP contribution in [0.4, 0.5) is 13.2 Å².